The first-order valence-electron chi connectivity index (χ1n) is 9.47. The molecule has 1 aliphatic heterocycles. The van der Waals surface area contributed by atoms with Crippen LogP contribution in [0, 0.1) is 5.82 Å². The molecule has 0 saturated carbocycles. The van der Waals surface area contributed by atoms with E-state index in [4.69, 9.17) is 9.47 Å². The summed E-state index contributed by atoms with van der Waals surface area (Å²) >= 11 is 0. The van der Waals surface area contributed by atoms with E-state index in [9.17, 15) is 9.18 Å². The quantitative estimate of drug-likeness (QED) is 0.693. The summed E-state index contributed by atoms with van der Waals surface area (Å²) in [4.78, 5) is 16.6. The van der Waals surface area contributed by atoms with E-state index in [0.717, 1.165) is 18.4 Å². The Morgan fingerprint density at radius 1 is 1.24 bits per heavy atom. The lowest BCUT2D eigenvalue weighted by molar-refractivity contribution is 0.0237. The van der Waals surface area contributed by atoms with Gasteiger partial charge in [-0.1, -0.05) is 12.1 Å². The maximum Gasteiger partial charge on any atom is 0.272 e. The number of nitrogens with zero attached hydrogens (tertiary/aromatic N) is 3. The van der Waals surface area contributed by atoms with Crippen molar-refractivity contribution in [2.45, 2.75) is 25.5 Å². The zero-order valence-electron chi connectivity index (χ0n) is 15.8. The van der Waals surface area contributed by atoms with E-state index >= 15 is 0 Å². The SMILES string of the molecule is O=C(NCc1ccnc(OC2CCOCC2)c1)c1ccn(-c2ccccc2F)n1. The Morgan fingerprint density at radius 3 is 2.90 bits per heavy atom. The maximum absolute atomic E-state index is 13.9. The number of aromatic nitrogens is 3. The zero-order valence-corrected chi connectivity index (χ0v) is 15.8. The van der Waals surface area contributed by atoms with Crippen molar-refractivity contribution >= 4 is 5.91 Å². The standard InChI is InChI=1S/C21H21FN4O3/c22-17-3-1-2-4-19(17)26-10-6-18(25-26)21(27)24-14-15-5-9-23-20(13-15)29-16-7-11-28-12-8-16/h1-6,9-10,13,16H,7-8,11-12,14H2,(H,24,27). The number of nitrogens with one attached hydrogen (secondary N) is 1. The number of para-hydroxylation sites is 1. The number of hydrogen-bond acceptors (Lipinski definition) is 5. The molecule has 3 aromatic rings. The highest BCUT2D eigenvalue weighted by Gasteiger charge is 2.16. The monoisotopic (exact) mass is 396 g/mol. The van der Waals surface area contributed by atoms with Crippen molar-refractivity contribution in [3.63, 3.8) is 0 Å². The molecule has 0 atom stereocenters. The molecule has 1 aromatic carbocycles. The number of rotatable bonds is 6. The molecular formula is C21H21FN4O3. The van der Waals surface area contributed by atoms with Crippen molar-refractivity contribution in [3.8, 4) is 11.6 Å². The molecule has 1 amide bonds. The number of pyridine rings is 1. The number of ether oxygens (including phenoxy) is 2. The molecular weight excluding hydrogens is 375 g/mol. The van der Waals surface area contributed by atoms with Gasteiger partial charge in [0.2, 0.25) is 5.88 Å². The Labute approximate surface area is 167 Å². The van der Waals surface area contributed by atoms with E-state index in [1.165, 1.54) is 10.7 Å². The van der Waals surface area contributed by atoms with Crippen LogP contribution in [0.1, 0.15) is 28.9 Å². The molecule has 4 rings (SSSR count). The molecule has 8 heteroatoms. The van der Waals surface area contributed by atoms with E-state index in [1.807, 2.05) is 12.1 Å². The van der Waals surface area contributed by atoms with Crippen LogP contribution in [0.15, 0.2) is 54.9 Å². The van der Waals surface area contributed by atoms with Gasteiger partial charge in [-0.3, -0.25) is 4.79 Å². The van der Waals surface area contributed by atoms with Crippen LogP contribution in [0.2, 0.25) is 0 Å². The number of halogens is 1. The smallest absolute Gasteiger partial charge is 0.272 e. The third kappa shape index (κ3) is 4.78. The maximum atomic E-state index is 13.9. The van der Waals surface area contributed by atoms with Gasteiger partial charge in [0.15, 0.2) is 5.69 Å². The Hall–Kier alpha value is -3.26. The highest BCUT2D eigenvalue weighted by Crippen LogP contribution is 2.17. The van der Waals surface area contributed by atoms with Crippen LogP contribution in [0.3, 0.4) is 0 Å². The van der Waals surface area contributed by atoms with Crippen molar-refractivity contribution in [1.29, 1.82) is 0 Å². The summed E-state index contributed by atoms with van der Waals surface area (Å²) in [5, 5.41) is 6.98. The molecule has 2 aromatic heterocycles. The average molecular weight is 396 g/mol. The van der Waals surface area contributed by atoms with Gasteiger partial charge in [0, 0.05) is 37.8 Å². The summed E-state index contributed by atoms with van der Waals surface area (Å²) < 4.78 is 26.4. The molecule has 0 aliphatic carbocycles. The summed E-state index contributed by atoms with van der Waals surface area (Å²) in [5.41, 5.74) is 1.36. The van der Waals surface area contributed by atoms with Gasteiger partial charge in [0.25, 0.3) is 5.91 Å². The van der Waals surface area contributed by atoms with Crippen LogP contribution in [0.5, 0.6) is 5.88 Å². The molecule has 150 valence electrons. The number of amides is 1. The highest BCUT2D eigenvalue weighted by molar-refractivity contribution is 5.92. The van der Waals surface area contributed by atoms with Gasteiger partial charge in [-0.15, -0.1) is 0 Å². The molecule has 3 heterocycles. The third-order valence-electron chi connectivity index (χ3n) is 4.63. The average Bonchev–Trinajstić information content (AvgIpc) is 3.23. The van der Waals surface area contributed by atoms with Crippen LogP contribution in [0.4, 0.5) is 4.39 Å². The molecule has 0 radical (unpaired) electrons. The van der Waals surface area contributed by atoms with Crippen LogP contribution < -0.4 is 10.1 Å². The lowest BCUT2D eigenvalue weighted by Gasteiger charge is -2.22. The Bertz CT molecular complexity index is 985. The molecule has 1 fully saturated rings. The molecule has 1 saturated heterocycles. The van der Waals surface area contributed by atoms with E-state index in [0.29, 0.717) is 25.6 Å². The second-order valence-corrected chi connectivity index (χ2v) is 6.71. The second kappa shape index (κ2) is 8.83. The Kier molecular flexibility index (Phi) is 5.81. The van der Waals surface area contributed by atoms with Gasteiger partial charge >= 0.3 is 0 Å². The lowest BCUT2D eigenvalue weighted by atomic mass is 10.1. The van der Waals surface area contributed by atoms with Gasteiger partial charge in [0.05, 0.1) is 13.2 Å². The van der Waals surface area contributed by atoms with Gasteiger partial charge in [-0.05, 0) is 29.8 Å². The first-order valence-corrected chi connectivity index (χ1v) is 9.47. The molecule has 29 heavy (non-hydrogen) atoms. The summed E-state index contributed by atoms with van der Waals surface area (Å²) in [6.07, 6.45) is 4.99. The van der Waals surface area contributed by atoms with Gasteiger partial charge in [-0.25, -0.2) is 14.1 Å². The van der Waals surface area contributed by atoms with Crippen molar-refractivity contribution in [2.75, 3.05) is 13.2 Å². The van der Waals surface area contributed by atoms with E-state index in [1.54, 1.807) is 36.7 Å². The highest BCUT2D eigenvalue weighted by atomic mass is 19.1. The van der Waals surface area contributed by atoms with Crippen molar-refractivity contribution in [2.24, 2.45) is 0 Å². The lowest BCUT2D eigenvalue weighted by Crippen LogP contribution is -2.26. The summed E-state index contributed by atoms with van der Waals surface area (Å²) in [6, 6.07) is 11.4. The molecule has 0 bridgehead atoms. The fourth-order valence-corrected chi connectivity index (χ4v) is 3.08. The van der Waals surface area contributed by atoms with E-state index < -0.39 is 5.82 Å². The minimum Gasteiger partial charge on any atom is -0.474 e. The number of hydrogen-bond donors (Lipinski definition) is 1. The molecule has 0 spiro atoms. The normalized spacial score (nSPS) is 14.5. The minimum absolute atomic E-state index is 0.100. The van der Waals surface area contributed by atoms with Crippen molar-refractivity contribution in [3.05, 3.63) is 71.9 Å². The van der Waals surface area contributed by atoms with Crippen LogP contribution in [-0.4, -0.2) is 40.0 Å². The predicted molar refractivity (Wildman–Crippen MR) is 103 cm³/mol. The fraction of sp³-hybridized carbons (Fsp3) is 0.286. The first kappa shape index (κ1) is 19.1. The molecule has 7 nitrogen and oxygen atoms in total. The number of benzene rings is 1. The van der Waals surface area contributed by atoms with Crippen molar-refractivity contribution < 1.29 is 18.7 Å². The van der Waals surface area contributed by atoms with Crippen LogP contribution in [0.25, 0.3) is 5.69 Å². The van der Waals surface area contributed by atoms with Crippen molar-refractivity contribution in [1.82, 2.24) is 20.1 Å². The topological polar surface area (TPSA) is 78.3 Å². The summed E-state index contributed by atoms with van der Waals surface area (Å²) in [5.74, 6) is -0.215. The molecule has 0 unspecified atom stereocenters. The van der Waals surface area contributed by atoms with E-state index in [-0.39, 0.29) is 23.4 Å². The van der Waals surface area contributed by atoms with Crippen LogP contribution in [-0.2, 0) is 11.3 Å². The van der Waals surface area contributed by atoms with Gasteiger partial charge in [-0.2, -0.15) is 5.10 Å². The first-order chi connectivity index (χ1) is 14.2. The second-order valence-electron chi connectivity index (χ2n) is 6.71. The Balaban J connectivity index is 1.36. The van der Waals surface area contributed by atoms with E-state index in [2.05, 4.69) is 15.4 Å². The van der Waals surface area contributed by atoms with Crippen LogP contribution >= 0.6 is 0 Å². The Morgan fingerprint density at radius 2 is 2.07 bits per heavy atom. The molecule has 1 aliphatic rings. The summed E-state index contributed by atoms with van der Waals surface area (Å²) in [6.45, 7) is 1.69. The van der Waals surface area contributed by atoms with Gasteiger partial charge < -0.3 is 14.8 Å². The summed E-state index contributed by atoms with van der Waals surface area (Å²) in [7, 11) is 0. The zero-order chi connectivity index (χ0) is 20.1. The molecule has 1 N–H and O–H groups in total. The minimum atomic E-state index is -0.406. The third-order valence-corrected chi connectivity index (χ3v) is 4.63. The fourth-order valence-electron chi connectivity index (χ4n) is 3.08. The number of carbonyl (C=O) groups excluding carboxylic acids is 1. The largest absolute Gasteiger partial charge is 0.474 e. The number of carbonyl (C=O) groups is 1. The predicted octanol–water partition coefficient (Wildman–Crippen LogP) is 2.89. The van der Waals surface area contributed by atoms with Gasteiger partial charge in [0.1, 0.15) is 17.6 Å².